The first-order valence-electron chi connectivity index (χ1n) is 6.33. The average molecular weight is 267 g/mol. The van der Waals surface area contributed by atoms with Crippen molar-refractivity contribution in [2.75, 3.05) is 5.32 Å². The Bertz CT molecular complexity index is 681. The summed E-state index contributed by atoms with van der Waals surface area (Å²) in [5.74, 6) is -1.23. The highest BCUT2D eigenvalue weighted by atomic mass is 16.3. The molecule has 4 heteroatoms. The van der Waals surface area contributed by atoms with E-state index in [0.29, 0.717) is 16.8 Å². The summed E-state index contributed by atoms with van der Waals surface area (Å²) in [5.41, 5.74) is -0.351. The third-order valence-electron chi connectivity index (χ3n) is 3.49. The Morgan fingerprint density at radius 3 is 2.40 bits per heavy atom. The van der Waals surface area contributed by atoms with E-state index in [9.17, 15) is 14.7 Å². The number of amides is 1. The van der Waals surface area contributed by atoms with Gasteiger partial charge in [-0.15, -0.1) is 0 Å². The standard InChI is InChI=1S/C16H13NO3/c18-14-13-9-5-4-6-11(13)10-16(14,20)15(19)17-12-7-2-1-3-8-12/h1-9,20H,10H2,(H,17,19)/t16-/m1/s1. The maximum Gasteiger partial charge on any atom is 0.264 e. The molecule has 2 aromatic carbocycles. The van der Waals surface area contributed by atoms with Crippen LogP contribution in [-0.2, 0) is 11.2 Å². The molecule has 100 valence electrons. The SMILES string of the molecule is O=C(Nc1ccccc1)[C@@]1(O)Cc2ccccc2C1=O. The molecule has 0 saturated carbocycles. The number of hydrogen-bond acceptors (Lipinski definition) is 3. The van der Waals surface area contributed by atoms with E-state index in [1.807, 2.05) is 6.07 Å². The Morgan fingerprint density at radius 2 is 1.70 bits per heavy atom. The molecule has 2 N–H and O–H groups in total. The number of Topliss-reactive ketones (excluding diaryl/α,β-unsaturated/α-hetero) is 1. The van der Waals surface area contributed by atoms with Crippen LogP contribution in [0.4, 0.5) is 5.69 Å². The number of para-hydroxylation sites is 1. The third-order valence-corrected chi connectivity index (χ3v) is 3.49. The van der Waals surface area contributed by atoms with E-state index in [4.69, 9.17) is 0 Å². The van der Waals surface area contributed by atoms with Crippen LogP contribution in [0.1, 0.15) is 15.9 Å². The number of anilines is 1. The molecule has 0 radical (unpaired) electrons. The highest BCUT2D eigenvalue weighted by Gasteiger charge is 2.49. The van der Waals surface area contributed by atoms with Gasteiger partial charge in [0.15, 0.2) is 0 Å². The number of nitrogens with one attached hydrogen (secondary N) is 1. The number of hydrogen-bond donors (Lipinski definition) is 2. The topological polar surface area (TPSA) is 66.4 Å². The molecular formula is C16H13NO3. The molecule has 0 aliphatic heterocycles. The molecular weight excluding hydrogens is 254 g/mol. The molecule has 1 aliphatic carbocycles. The van der Waals surface area contributed by atoms with Crippen LogP contribution in [0.3, 0.4) is 0 Å². The van der Waals surface area contributed by atoms with Crippen molar-refractivity contribution in [3.05, 3.63) is 65.7 Å². The van der Waals surface area contributed by atoms with Crippen molar-refractivity contribution in [1.82, 2.24) is 0 Å². The summed E-state index contributed by atoms with van der Waals surface area (Å²) < 4.78 is 0. The first-order chi connectivity index (χ1) is 9.61. The fourth-order valence-electron chi connectivity index (χ4n) is 2.41. The highest BCUT2D eigenvalue weighted by Crippen LogP contribution is 2.31. The zero-order valence-electron chi connectivity index (χ0n) is 10.7. The van der Waals surface area contributed by atoms with Crippen molar-refractivity contribution in [1.29, 1.82) is 0 Å². The van der Waals surface area contributed by atoms with Gasteiger partial charge in [0.05, 0.1) is 0 Å². The van der Waals surface area contributed by atoms with Crippen molar-refractivity contribution >= 4 is 17.4 Å². The van der Waals surface area contributed by atoms with Crippen LogP contribution < -0.4 is 5.32 Å². The van der Waals surface area contributed by atoms with Crippen LogP contribution in [0.25, 0.3) is 0 Å². The number of aliphatic hydroxyl groups is 1. The van der Waals surface area contributed by atoms with Crippen LogP contribution >= 0.6 is 0 Å². The predicted octanol–water partition coefficient (Wildman–Crippen LogP) is 1.80. The molecule has 0 spiro atoms. The summed E-state index contributed by atoms with van der Waals surface area (Å²) in [4.78, 5) is 24.5. The summed E-state index contributed by atoms with van der Waals surface area (Å²) in [6, 6.07) is 15.6. The van der Waals surface area contributed by atoms with Gasteiger partial charge in [-0.25, -0.2) is 0 Å². The molecule has 4 nitrogen and oxygen atoms in total. The van der Waals surface area contributed by atoms with Crippen LogP contribution in [-0.4, -0.2) is 22.4 Å². The smallest absolute Gasteiger partial charge is 0.264 e. The maximum absolute atomic E-state index is 12.2. The second kappa shape index (κ2) is 4.58. The fraction of sp³-hybridized carbons (Fsp3) is 0.125. The Morgan fingerprint density at radius 1 is 1.05 bits per heavy atom. The number of rotatable bonds is 2. The number of fused-ring (bicyclic) bond motifs is 1. The second-order valence-corrected chi connectivity index (χ2v) is 4.84. The van der Waals surface area contributed by atoms with Crippen molar-refractivity contribution in [2.24, 2.45) is 0 Å². The largest absolute Gasteiger partial charge is 0.373 e. The average Bonchev–Trinajstić information content (AvgIpc) is 2.73. The lowest BCUT2D eigenvalue weighted by Crippen LogP contribution is -2.48. The lowest BCUT2D eigenvalue weighted by molar-refractivity contribution is -0.129. The van der Waals surface area contributed by atoms with Gasteiger partial charge in [-0.1, -0.05) is 42.5 Å². The lowest BCUT2D eigenvalue weighted by Gasteiger charge is -2.19. The zero-order valence-corrected chi connectivity index (χ0v) is 10.7. The summed E-state index contributed by atoms with van der Waals surface area (Å²) in [6.45, 7) is 0. The molecule has 0 saturated heterocycles. The van der Waals surface area contributed by atoms with E-state index in [-0.39, 0.29) is 6.42 Å². The number of carbonyl (C=O) groups is 2. The van der Waals surface area contributed by atoms with Crippen molar-refractivity contribution < 1.29 is 14.7 Å². The maximum atomic E-state index is 12.2. The Kier molecular flexibility index (Phi) is 2.88. The summed E-state index contributed by atoms with van der Waals surface area (Å²) in [5, 5.41) is 13.0. The molecule has 0 aromatic heterocycles. The van der Waals surface area contributed by atoms with Crippen molar-refractivity contribution in [2.45, 2.75) is 12.0 Å². The quantitative estimate of drug-likeness (QED) is 0.815. The monoisotopic (exact) mass is 267 g/mol. The minimum Gasteiger partial charge on any atom is -0.373 e. The summed E-state index contributed by atoms with van der Waals surface area (Å²) >= 11 is 0. The zero-order chi connectivity index (χ0) is 14.2. The minimum atomic E-state index is -2.01. The minimum absolute atomic E-state index is 0.0146. The normalized spacial score (nSPS) is 20.6. The van der Waals surface area contributed by atoms with Gasteiger partial charge in [0.2, 0.25) is 11.4 Å². The van der Waals surface area contributed by atoms with E-state index < -0.39 is 17.3 Å². The Balaban J connectivity index is 1.88. The van der Waals surface area contributed by atoms with Gasteiger partial charge in [0.25, 0.3) is 5.91 Å². The number of ketones is 1. The number of carbonyl (C=O) groups excluding carboxylic acids is 2. The van der Waals surface area contributed by atoms with E-state index in [1.165, 1.54) is 0 Å². The van der Waals surface area contributed by atoms with Gasteiger partial charge in [-0.05, 0) is 17.7 Å². The summed E-state index contributed by atoms with van der Waals surface area (Å²) in [7, 11) is 0. The van der Waals surface area contributed by atoms with Crippen molar-refractivity contribution in [3.63, 3.8) is 0 Å². The predicted molar refractivity (Wildman–Crippen MR) is 74.5 cm³/mol. The van der Waals surface area contributed by atoms with Crippen LogP contribution in [0, 0.1) is 0 Å². The van der Waals surface area contributed by atoms with E-state index in [2.05, 4.69) is 5.32 Å². The van der Waals surface area contributed by atoms with Crippen molar-refractivity contribution in [3.8, 4) is 0 Å². The first kappa shape index (κ1) is 12.6. The molecule has 0 heterocycles. The highest BCUT2D eigenvalue weighted by molar-refractivity contribution is 6.22. The first-order valence-corrected chi connectivity index (χ1v) is 6.33. The van der Waals surface area contributed by atoms with E-state index >= 15 is 0 Å². The lowest BCUT2D eigenvalue weighted by atomic mass is 9.98. The van der Waals surface area contributed by atoms with Gasteiger partial charge < -0.3 is 10.4 Å². The molecule has 3 rings (SSSR count). The molecule has 0 fully saturated rings. The molecule has 0 unspecified atom stereocenters. The Hall–Kier alpha value is -2.46. The van der Waals surface area contributed by atoms with Gasteiger partial charge in [-0.3, -0.25) is 9.59 Å². The van der Waals surface area contributed by atoms with E-state index in [1.54, 1.807) is 48.5 Å². The molecule has 20 heavy (non-hydrogen) atoms. The van der Waals surface area contributed by atoms with Crippen LogP contribution in [0.2, 0.25) is 0 Å². The van der Waals surface area contributed by atoms with Gasteiger partial charge in [-0.2, -0.15) is 0 Å². The summed E-state index contributed by atoms with van der Waals surface area (Å²) in [6.07, 6.45) is 0.0146. The molecule has 1 aliphatic rings. The Labute approximate surface area is 116 Å². The fourth-order valence-corrected chi connectivity index (χ4v) is 2.41. The van der Waals surface area contributed by atoms with Gasteiger partial charge in [0.1, 0.15) is 0 Å². The van der Waals surface area contributed by atoms with Gasteiger partial charge in [0, 0.05) is 17.7 Å². The van der Waals surface area contributed by atoms with Crippen LogP contribution in [0.15, 0.2) is 54.6 Å². The third kappa shape index (κ3) is 1.90. The molecule has 1 amide bonds. The van der Waals surface area contributed by atoms with Gasteiger partial charge >= 0.3 is 0 Å². The number of benzene rings is 2. The molecule has 1 atom stereocenters. The molecule has 2 aromatic rings. The second-order valence-electron chi connectivity index (χ2n) is 4.84. The molecule has 0 bridgehead atoms. The van der Waals surface area contributed by atoms with E-state index in [0.717, 1.165) is 0 Å². The van der Waals surface area contributed by atoms with Crippen LogP contribution in [0.5, 0.6) is 0 Å².